The first-order valence-electron chi connectivity index (χ1n) is 15.4. The van der Waals surface area contributed by atoms with Gasteiger partial charge in [-0.15, -0.1) is 0 Å². The zero-order valence-electron chi connectivity index (χ0n) is 31.2. The van der Waals surface area contributed by atoms with Crippen LogP contribution in [0.1, 0.15) is 0 Å². The average Bonchev–Trinajstić information content (AvgIpc) is 3.72. The number of nitrogens with zero attached hydrogens (tertiary/aromatic N) is 6. The van der Waals surface area contributed by atoms with Gasteiger partial charge >= 0.3 is 113 Å². The summed E-state index contributed by atoms with van der Waals surface area (Å²) in [5.74, 6) is -1.14. The number of methoxy groups -OCH3 is 2. The average molecular weight is 1040 g/mol. The quantitative estimate of drug-likeness (QED) is 0.126. The molecule has 0 spiro atoms. The van der Waals surface area contributed by atoms with Crippen molar-refractivity contribution in [3.8, 4) is 45.4 Å². The fraction of sp³-hybridized carbons (Fsp3) is 0.0625. The summed E-state index contributed by atoms with van der Waals surface area (Å²) in [5.41, 5.74) is 2.21. The molecular weight excluding hydrogens is 1020 g/mol. The number of hydrogen-bond acceptors (Lipinski definition) is 14. The van der Waals surface area contributed by atoms with Crippen molar-refractivity contribution in [3.63, 3.8) is 0 Å². The fourth-order valence-corrected chi connectivity index (χ4v) is 9.41. The van der Waals surface area contributed by atoms with E-state index in [0.29, 0.717) is 33.9 Å². The molecule has 0 saturated carbocycles. The van der Waals surface area contributed by atoms with Gasteiger partial charge in [-0.25, -0.2) is 35.6 Å². The van der Waals surface area contributed by atoms with E-state index < -0.39 is 57.0 Å². The smallest absolute Gasteiger partial charge is 0.826 e. The predicted octanol–water partition coefficient (Wildman–Crippen LogP) is 3.32. The molecule has 18 nitrogen and oxygen atoms in total. The molecular formula is C32H22Ca3Cl2F2N6O12P2S2. The first-order chi connectivity index (χ1) is 27.0. The molecule has 0 bridgehead atoms. The molecule has 2 aromatic heterocycles. The first-order valence-corrected chi connectivity index (χ1v) is 22.0. The van der Waals surface area contributed by atoms with E-state index in [0.717, 1.165) is 24.3 Å². The molecule has 0 N–H and O–H groups in total. The molecule has 4 aromatic carbocycles. The Labute approximate surface area is 446 Å². The van der Waals surface area contributed by atoms with Crippen molar-refractivity contribution >= 4 is 172 Å². The minimum Gasteiger partial charge on any atom is -0.826 e. The standard InChI is InChI=1S/2C16H13ClFN3O6PS.3Ca/c2*1-27-14-7-2-10(8-13(14)18)15-16(17)19-9-21(15)11-3-5-12(6-4-11)29(25,26)20-28(22,23)24;;;/h2*2-9H,1H3,(H2-,20,22,23,24);;;/q2*-1;3*+2/p-4. The summed E-state index contributed by atoms with van der Waals surface area (Å²) in [6.07, 6.45) is 2.69. The van der Waals surface area contributed by atoms with E-state index in [-0.39, 0.29) is 135 Å². The van der Waals surface area contributed by atoms with Crippen LogP contribution < -0.4 is 29.0 Å². The Morgan fingerprint density at radius 3 is 1.16 bits per heavy atom. The molecule has 61 heavy (non-hydrogen) atoms. The normalized spacial score (nSPS) is 11.6. The summed E-state index contributed by atoms with van der Waals surface area (Å²) >= 11 is 12.3. The van der Waals surface area contributed by atoms with Crippen molar-refractivity contribution in [1.29, 1.82) is 0 Å². The Hall–Kier alpha value is -0.761. The van der Waals surface area contributed by atoms with Gasteiger partial charge in [-0.2, -0.15) is 15.5 Å². The third kappa shape index (κ3) is 14.6. The van der Waals surface area contributed by atoms with Gasteiger partial charge in [0.25, 0.3) is 0 Å². The van der Waals surface area contributed by atoms with Crippen LogP contribution in [0, 0.1) is 11.6 Å². The van der Waals surface area contributed by atoms with E-state index in [9.17, 15) is 54.3 Å². The van der Waals surface area contributed by atoms with Gasteiger partial charge in [-0.1, -0.05) is 23.2 Å². The van der Waals surface area contributed by atoms with E-state index in [4.69, 9.17) is 32.7 Å². The van der Waals surface area contributed by atoms with Gasteiger partial charge in [-0.3, -0.25) is 9.13 Å². The van der Waals surface area contributed by atoms with E-state index in [2.05, 4.69) is 19.0 Å². The second-order valence-corrected chi connectivity index (χ2v) is 18.0. The zero-order chi connectivity index (χ0) is 42.8. The van der Waals surface area contributed by atoms with Gasteiger partial charge < -0.3 is 47.2 Å². The summed E-state index contributed by atoms with van der Waals surface area (Å²) in [6.45, 7) is 0. The van der Waals surface area contributed by atoms with Crippen molar-refractivity contribution in [2.24, 2.45) is 0 Å². The minimum absolute atomic E-state index is 0. The van der Waals surface area contributed by atoms with E-state index in [1.54, 1.807) is 12.1 Å². The molecule has 0 amide bonds. The molecule has 0 radical (unpaired) electrons. The van der Waals surface area contributed by atoms with Crippen LogP contribution in [0.25, 0.3) is 42.9 Å². The number of benzene rings is 4. The van der Waals surface area contributed by atoms with Crippen LogP contribution in [0.3, 0.4) is 0 Å². The summed E-state index contributed by atoms with van der Waals surface area (Å²) in [7, 11) is -17.9. The molecule has 0 unspecified atom stereocenters. The van der Waals surface area contributed by atoms with Gasteiger partial charge in [0.15, 0.2) is 33.4 Å². The second kappa shape index (κ2) is 23.1. The Morgan fingerprint density at radius 2 is 0.902 bits per heavy atom. The molecule has 0 saturated heterocycles. The van der Waals surface area contributed by atoms with Gasteiger partial charge in [0, 0.05) is 32.3 Å². The monoisotopic (exact) mass is 1040 g/mol. The number of rotatable bonds is 12. The van der Waals surface area contributed by atoms with Crippen molar-refractivity contribution in [2.75, 3.05) is 14.2 Å². The SMILES string of the molecule is COc1ccc(-c2c(Cl)ncn2-c2ccc(S(=O)(=O)[N-]P(=O)([O-])[O-])cc2)cc1F.COc1ccc(-c2c(Cl)ncn2-c2ccc(S(=O)(=O)[N-]P(=O)([O-])[O-])cc2)cc1F.[Ca+2].[Ca+2].[Ca+2]. The Bertz CT molecular complexity index is 2630. The molecule has 0 aliphatic heterocycles. The third-order valence-electron chi connectivity index (χ3n) is 7.54. The van der Waals surface area contributed by atoms with Crippen LogP contribution in [0.2, 0.25) is 10.3 Å². The van der Waals surface area contributed by atoms with Crippen molar-refractivity contribution in [2.45, 2.75) is 9.79 Å². The van der Waals surface area contributed by atoms with Crippen molar-refractivity contribution in [1.82, 2.24) is 19.1 Å². The van der Waals surface area contributed by atoms with Crippen LogP contribution in [0.5, 0.6) is 11.5 Å². The molecule has 6 rings (SSSR count). The second-order valence-electron chi connectivity index (χ2n) is 11.2. The van der Waals surface area contributed by atoms with Gasteiger partial charge in [0.05, 0.1) is 25.6 Å². The van der Waals surface area contributed by atoms with Crippen molar-refractivity contribution < 1.29 is 63.8 Å². The maximum Gasteiger partial charge on any atom is 2.00 e. The Balaban J connectivity index is 0.000000400. The largest absolute Gasteiger partial charge is 2.00 e. The maximum absolute atomic E-state index is 14.1. The van der Waals surface area contributed by atoms with Gasteiger partial charge in [-0.05, 0) is 84.9 Å². The Morgan fingerprint density at radius 1 is 0.590 bits per heavy atom. The first kappa shape index (κ1) is 56.4. The molecule has 0 aliphatic carbocycles. The van der Waals surface area contributed by atoms with Crippen LogP contribution in [0.4, 0.5) is 8.78 Å². The summed E-state index contributed by atoms with van der Waals surface area (Å²) in [4.78, 5) is 49.6. The Kier molecular flexibility index (Phi) is 21.4. The van der Waals surface area contributed by atoms with Crippen LogP contribution in [0.15, 0.2) is 107 Å². The van der Waals surface area contributed by atoms with Crippen LogP contribution in [-0.2, 0) is 29.2 Å². The molecule has 29 heteroatoms. The van der Waals surface area contributed by atoms with Crippen LogP contribution >= 0.6 is 38.7 Å². The minimum atomic E-state index is -5.62. The molecule has 2 heterocycles. The van der Waals surface area contributed by atoms with Crippen LogP contribution in [-0.4, -0.2) is 163 Å². The summed E-state index contributed by atoms with van der Waals surface area (Å²) in [5, 5.41) is 0.139. The number of ether oxygens (including phenoxy) is 2. The summed E-state index contributed by atoms with van der Waals surface area (Å²) in [6, 6.07) is 17.9. The number of aromatic nitrogens is 4. The van der Waals surface area contributed by atoms with E-state index >= 15 is 0 Å². The molecule has 0 fully saturated rings. The van der Waals surface area contributed by atoms with Crippen molar-refractivity contribution in [3.05, 3.63) is 129 Å². The number of imidazole rings is 2. The number of sulfonamides is 2. The summed E-state index contributed by atoms with van der Waals surface area (Å²) < 4.78 is 114. The van der Waals surface area contributed by atoms with Gasteiger partial charge in [0.1, 0.15) is 32.7 Å². The topological polar surface area (TPSA) is 277 Å². The number of halogens is 4. The molecule has 0 atom stereocenters. The predicted molar refractivity (Wildman–Crippen MR) is 215 cm³/mol. The zero-order valence-corrected chi connectivity index (χ0v) is 42.7. The van der Waals surface area contributed by atoms with Gasteiger partial charge in [0.2, 0.25) is 0 Å². The fourth-order valence-electron chi connectivity index (χ4n) is 5.10. The third-order valence-corrected chi connectivity index (χ3v) is 13.1. The maximum atomic E-state index is 14.1. The molecule has 6 aromatic rings. The number of hydrogen-bond donors (Lipinski definition) is 0. The molecule has 308 valence electrons. The molecule has 0 aliphatic rings. The van der Waals surface area contributed by atoms with E-state index in [1.807, 2.05) is 0 Å². The van der Waals surface area contributed by atoms with E-state index in [1.165, 1.54) is 84.5 Å².